The fourth-order valence-electron chi connectivity index (χ4n) is 3.89. The van der Waals surface area contributed by atoms with Crippen molar-refractivity contribution < 1.29 is 14.3 Å². The lowest BCUT2D eigenvalue weighted by Gasteiger charge is -2.39. The van der Waals surface area contributed by atoms with Gasteiger partial charge < -0.3 is 20.3 Å². The summed E-state index contributed by atoms with van der Waals surface area (Å²) in [5, 5.41) is 0. The van der Waals surface area contributed by atoms with Gasteiger partial charge in [-0.3, -0.25) is 14.5 Å². The zero-order chi connectivity index (χ0) is 19.1. The average Bonchev–Trinajstić information content (AvgIpc) is 2.64. The molecule has 2 atom stereocenters. The minimum Gasteiger partial charge on any atom is -0.378 e. The molecule has 0 saturated carbocycles. The summed E-state index contributed by atoms with van der Waals surface area (Å²) in [6, 6.07) is -0.142. The van der Waals surface area contributed by atoms with E-state index in [1.807, 2.05) is 11.8 Å². The maximum Gasteiger partial charge on any atom is 0.239 e. The first-order valence-corrected chi connectivity index (χ1v) is 9.97. The Labute approximate surface area is 157 Å². The lowest BCUT2D eigenvalue weighted by molar-refractivity contribution is -0.140. The highest BCUT2D eigenvalue weighted by molar-refractivity contribution is 5.83. The third-order valence-corrected chi connectivity index (χ3v) is 5.62. The average molecular weight is 369 g/mol. The van der Waals surface area contributed by atoms with Crippen LogP contribution in [-0.2, 0) is 14.3 Å². The van der Waals surface area contributed by atoms with E-state index in [4.69, 9.17) is 10.5 Å². The molecule has 0 aromatic carbocycles. The van der Waals surface area contributed by atoms with E-state index >= 15 is 0 Å². The summed E-state index contributed by atoms with van der Waals surface area (Å²) in [4.78, 5) is 30.5. The van der Waals surface area contributed by atoms with Crippen LogP contribution in [0.25, 0.3) is 0 Å². The SMILES string of the molecule is C[C@@H](C(=O)N1CCC[C@@H](C(N)=O)C1)N1CCC(OCCCN(C)C)CC1. The Morgan fingerprint density at radius 1 is 1.19 bits per heavy atom. The minimum atomic E-state index is -0.289. The van der Waals surface area contributed by atoms with Crippen LogP contribution in [-0.4, -0.2) is 92.1 Å². The normalized spacial score (nSPS) is 24.0. The van der Waals surface area contributed by atoms with Crippen molar-refractivity contribution in [3.05, 3.63) is 0 Å². The summed E-state index contributed by atoms with van der Waals surface area (Å²) in [6.07, 6.45) is 4.97. The third kappa shape index (κ3) is 6.21. The van der Waals surface area contributed by atoms with E-state index in [1.54, 1.807) is 0 Å². The number of ether oxygens (including phenoxy) is 1. The Hall–Kier alpha value is -1.18. The number of primary amides is 1. The van der Waals surface area contributed by atoms with Crippen LogP contribution in [0.3, 0.4) is 0 Å². The Balaban J connectivity index is 1.72. The molecule has 0 spiro atoms. The molecule has 2 aliphatic heterocycles. The summed E-state index contributed by atoms with van der Waals surface area (Å²) < 4.78 is 5.98. The lowest BCUT2D eigenvalue weighted by atomic mass is 9.96. The van der Waals surface area contributed by atoms with Crippen LogP contribution < -0.4 is 5.73 Å². The number of carbonyl (C=O) groups is 2. The zero-order valence-electron chi connectivity index (χ0n) is 16.7. The first kappa shape index (κ1) is 21.1. The predicted molar refractivity (Wildman–Crippen MR) is 102 cm³/mol. The van der Waals surface area contributed by atoms with Gasteiger partial charge in [0.05, 0.1) is 18.1 Å². The summed E-state index contributed by atoms with van der Waals surface area (Å²) in [7, 11) is 4.15. The number of nitrogens with zero attached hydrogens (tertiary/aromatic N) is 3. The molecule has 0 aliphatic carbocycles. The van der Waals surface area contributed by atoms with Gasteiger partial charge in [-0.15, -0.1) is 0 Å². The third-order valence-electron chi connectivity index (χ3n) is 5.62. The quantitative estimate of drug-likeness (QED) is 0.633. The zero-order valence-corrected chi connectivity index (χ0v) is 16.7. The first-order chi connectivity index (χ1) is 12.4. The molecule has 0 bridgehead atoms. The number of carbonyl (C=O) groups excluding carboxylic acids is 2. The Morgan fingerprint density at radius 2 is 1.88 bits per heavy atom. The topological polar surface area (TPSA) is 79.1 Å². The van der Waals surface area contributed by atoms with Crippen molar-refractivity contribution in [1.29, 1.82) is 0 Å². The Morgan fingerprint density at radius 3 is 2.50 bits per heavy atom. The molecule has 7 nitrogen and oxygen atoms in total. The molecular formula is C19H36N4O3. The molecule has 2 aliphatic rings. The van der Waals surface area contributed by atoms with Crippen molar-refractivity contribution in [2.75, 3.05) is 53.4 Å². The first-order valence-electron chi connectivity index (χ1n) is 9.97. The van der Waals surface area contributed by atoms with Crippen molar-refractivity contribution in [1.82, 2.24) is 14.7 Å². The predicted octanol–water partition coefficient (Wildman–Crippen LogP) is 0.532. The number of piperidine rings is 2. The van der Waals surface area contributed by atoms with Crippen LogP contribution in [0.5, 0.6) is 0 Å². The molecule has 2 fully saturated rings. The Kier molecular flexibility index (Phi) is 8.31. The van der Waals surface area contributed by atoms with E-state index in [1.165, 1.54) is 0 Å². The molecule has 2 heterocycles. The molecule has 0 unspecified atom stereocenters. The van der Waals surface area contributed by atoms with Crippen LogP contribution >= 0.6 is 0 Å². The van der Waals surface area contributed by atoms with Crippen LogP contribution in [0, 0.1) is 5.92 Å². The van der Waals surface area contributed by atoms with Crippen molar-refractivity contribution in [3.8, 4) is 0 Å². The standard InChI is InChI=1S/C19H36N4O3/c1-15(19(25)23-10-4-6-16(14-23)18(20)24)22-11-7-17(8-12-22)26-13-5-9-21(2)3/h15-17H,4-14H2,1-3H3,(H2,20,24)/t15-,16+/m0/s1. The monoisotopic (exact) mass is 368 g/mol. The molecular weight excluding hydrogens is 332 g/mol. The summed E-state index contributed by atoms with van der Waals surface area (Å²) >= 11 is 0. The second-order valence-electron chi connectivity index (χ2n) is 7.96. The maximum absolute atomic E-state index is 12.8. The summed E-state index contributed by atoms with van der Waals surface area (Å²) in [6.45, 7) is 6.82. The van der Waals surface area contributed by atoms with E-state index in [0.29, 0.717) is 12.6 Å². The molecule has 7 heteroatoms. The number of rotatable bonds is 8. The molecule has 2 amide bonds. The molecule has 2 N–H and O–H groups in total. The van der Waals surface area contributed by atoms with Gasteiger partial charge in [-0.05, 0) is 59.7 Å². The van der Waals surface area contributed by atoms with Crippen LogP contribution in [0.4, 0.5) is 0 Å². The van der Waals surface area contributed by atoms with Crippen molar-refractivity contribution in [3.63, 3.8) is 0 Å². The highest BCUT2D eigenvalue weighted by atomic mass is 16.5. The fraction of sp³-hybridized carbons (Fsp3) is 0.895. The molecule has 150 valence electrons. The van der Waals surface area contributed by atoms with Gasteiger partial charge in [-0.25, -0.2) is 0 Å². The van der Waals surface area contributed by atoms with Gasteiger partial charge in [-0.1, -0.05) is 0 Å². The van der Waals surface area contributed by atoms with E-state index in [0.717, 1.165) is 64.9 Å². The summed E-state index contributed by atoms with van der Waals surface area (Å²) in [5.74, 6) is -0.357. The van der Waals surface area contributed by atoms with Gasteiger partial charge in [-0.2, -0.15) is 0 Å². The maximum atomic E-state index is 12.8. The van der Waals surface area contributed by atoms with Gasteiger partial charge in [0.2, 0.25) is 11.8 Å². The number of likely N-dealkylation sites (tertiary alicyclic amines) is 2. The van der Waals surface area contributed by atoms with Crippen LogP contribution in [0.15, 0.2) is 0 Å². The Bertz CT molecular complexity index is 464. The van der Waals surface area contributed by atoms with Crippen LogP contribution in [0.1, 0.15) is 39.0 Å². The van der Waals surface area contributed by atoms with Crippen molar-refractivity contribution in [2.45, 2.75) is 51.2 Å². The van der Waals surface area contributed by atoms with Crippen LogP contribution in [0.2, 0.25) is 0 Å². The molecule has 26 heavy (non-hydrogen) atoms. The molecule has 0 aromatic heterocycles. The second-order valence-corrected chi connectivity index (χ2v) is 7.96. The lowest BCUT2D eigenvalue weighted by Crippen LogP contribution is -2.53. The summed E-state index contributed by atoms with van der Waals surface area (Å²) in [5.41, 5.74) is 5.43. The van der Waals surface area contributed by atoms with Crippen molar-refractivity contribution in [2.24, 2.45) is 11.7 Å². The van der Waals surface area contributed by atoms with E-state index < -0.39 is 0 Å². The number of hydrogen-bond acceptors (Lipinski definition) is 5. The molecule has 2 rings (SSSR count). The fourth-order valence-corrected chi connectivity index (χ4v) is 3.89. The van der Waals surface area contributed by atoms with Gasteiger partial charge in [0.15, 0.2) is 0 Å². The van der Waals surface area contributed by atoms with Crippen molar-refractivity contribution >= 4 is 11.8 Å². The number of amides is 2. The second kappa shape index (κ2) is 10.2. The smallest absolute Gasteiger partial charge is 0.239 e. The molecule has 0 radical (unpaired) electrons. The van der Waals surface area contributed by atoms with E-state index in [-0.39, 0.29) is 23.8 Å². The number of hydrogen-bond donors (Lipinski definition) is 1. The van der Waals surface area contributed by atoms with Gasteiger partial charge in [0, 0.05) is 32.8 Å². The minimum absolute atomic E-state index is 0.126. The largest absolute Gasteiger partial charge is 0.378 e. The van der Waals surface area contributed by atoms with Gasteiger partial charge in [0.1, 0.15) is 0 Å². The highest BCUT2D eigenvalue weighted by Crippen LogP contribution is 2.21. The van der Waals surface area contributed by atoms with Gasteiger partial charge in [0.25, 0.3) is 0 Å². The highest BCUT2D eigenvalue weighted by Gasteiger charge is 2.33. The van der Waals surface area contributed by atoms with E-state index in [9.17, 15) is 9.59 Å². The molecule has 0 aromatic rings. The van der Waals surface area contributed by atoms with E-state index in [2.05, 4.69) is 23.9 Å². The molecule has 2 saturated heterocycles. The van der Waals surface area contributed by atoms with Gasteiger partial charge >= 0.3 is 0 Å². The number of nitrogens with two attached hydrogens (primary N) is 1.